The number of esters is 1. The zero-order chi connectivity index (χ0) is 17.1. The van der Waals surface area contributed by atoms with E-state index in [1.54, 1.807) is 6.92 Å². The molecule has 3 aromatic rings. The van der Waals surface area contributed by atoms with E-state index in [-0.39, 0.29) is 5.97 Å². The molecular weight excluding hydrogens is 300 g/mol. The van der Waals surface area contributed by atoms with Gasteiger partial charge in [-0.2, -0.15) is 0 Å². The van der Waals surface area contributed by atoms with Crippen molar-refractivity contribution in [2.75, 3.05) is 12.3 Å². The van der Waals surface area contributed by atoms with E-state index in [1.165, 1.54) is 0 Å². The molecular formula is C20H20N2O2. The van der Waals surface area contributed by atoms with Crippen molar-refractivity contribution in [2.45, 2.75) is 13.8 Å². The molecule has 0 aliphatic heterocycles. The standard InChI is InChI=1S/C20H20N2O2/c1-3-24-20(23)18-13-19(15-8-7-9-16(21)12-15)22(14(18)2)17-10-5-4-6-11-17/h4-13H,3,21H2,1-2H3. The Morgan fingerprint density at radius 2 is 1.83 bits per heavy atom. The minimum atomic E-state index is -0.310. The molecule has 2 aromatic carbocycles. The molecule has 0 aliphatic rings. The molecule has 1 heterocycles. The third-order valence-electron chi connectivity index (χ3n) is 3.94. The number of rotatable bonds is 4. The molecule has 24 heavy (non-hydrogen) atoms. The van der Waals surface area contributed by atoms with Crippen LogP contribution in [0, 0.1) is 6.92 Å². The van der Waals surface area contributed by atoms with Gasteiger partial charge in [-0.15, -0.1) is 0 Å². The zero-order valence-electron chi connectivity index (χ0n) is 13.8. The first-order chi connectivity index (χ1) is 11.6. The number of nitrogen functional groups attached to an aromatic ring is 1. The second kappa shape index (κ2) is 6.62. The van der Waals surface area contributed by atoms with Crippen LogP contribution >= 0.6 is 0 Å². The molecule has 0 atom stereocenters. The quantitative estimate of drug-likeness (QED) is 0.578. The molecule has 122 valence electrons. The Morgan fingerprint density at radius 1 is 1.08 bits per heavy atom. The zero-order valence-corrected chi connectivity index (χ0v) is 13.8. The van der Waals surface area contributed by atoms with Crippen LogP contribution in [0.3, 0.4) is 0 Å². The summed E-state index contributed by atoms with van der Waals surface area (Å²) in [6.45, 7) is 4.08. The third kappa shape index (κ3) is 2.91. The van der Waals surface area contributed by atoms with Crippen molar-refractivity contribution in [1.29, 1.82) is 0 Å². The van der Waals surface area contributed by atoms with E-state index in [0.717, 1.165) is 22.6 Å². The van der Waals surface area contributed by atoms with E-state index in [1.807, 2.05) is 67.6 Å². The van der Waals surface area contributed by atoms with Crippen molar-refractivity contribution in [1.82, 2.24) is 4.57 Å². The van der Waals surface area contributed by atoms with Crippen LogP contribution in [-0.2, 0) is 4.74 Å². The maximum Gasteiger partial charge on any atom is 0.339 e. The lowest BCUT2D eigenvalue weighted by atomic mass is 10.1. The first kappa shape index (κ1) is 15.9. The van der Waals surface area contributed by atoms with Crippen molar-refractivity contribution in [3.05, 3.63) is 71.9 Å². The van der Waals surface area contributed by atoms with Crippen LogP contribution in [0.2, 0.25) is 0 Å². The highest BCUT2D eigenvalue weighted by atomic mass is 16.5. The Labute approximate surface area is 141 Å². The summed E-state index contributed by atoms with van der Waals surface area (Å²) >= 11 is 0. The SMILES string of the molecule is CCOC(=O)c1cc(-c2cccc(N)c2)n(-c2ccccc2)c1C. The molecule has 0 saturated heterocycles. The fourth-order valence-electron chi connectivity index (χ4n) is 2.84. The highest BCUT2D eigenvalue weighted by Crippen LogP contribution is 2.30. The average Bonchev–Trinajstić information content (AvgIpc) is 2.93. The molecule has 0 saturated carbocycles. The topological polar surface area (TPSA) is 57.2 Å². The van der Waals surface area contributed by atoms with Crippen LogP contribution in [0.5, 0.6) is 0 Å². The number of carbonyl (C=O) groups excluding carboxylic acids is 1. The normalized spacial score (nSPS) is 10.6. The number of hydrogen-bond donors (Lipinski definition) is 1. The molecule has 0 amide bonds. The first-order valence-electron chi connectivity index (χ1n) is 7.92. The predicted octanol–water partition coefficient (Wildman–Crippen LogP) is 4.21. The summed E-state index contributed by atoms with van der Waals surface area (Å²) in [5.41, 5.74) is 10.9. The summed E-state index contributed by atoms with van der Waals surface area (Å²) in [4.78, 5) is 12.3. The van der Waals surface area contributed by atoms with E-state index in [9.17, 15) is 4.79 Å². The molecule has 0 unspecified atom stereocenters. The predicted molar refractivity (Wildman–Crippen MR) is 96.3 cm³/mol. The van der Waals surface area contributed by atoms with Gasteiger partial charge in [-0.3, -0.25) is 0 Å². The van der Waals surface area contributed by atoms with Crippen LogP contribution in [0.15, 0.2) is 60.7 Å². The van der Waals surface area contributed by atoms with Gasteiger partial charge in [-0.1, -0.05) is 30.3 Å². The summed E-state index contributed by atoms with van der Waals surface area (Å²) in [5.74, 6) is -0.310. The smallest absolute Gasteiger partial charge is 0.339 e. The highest BCUT2D eigenvalue weighted by Gasteiger charge is 2.20. The Kier molecular flexibility index (Phi) is 4.38. The van der Waals surface area contributed by atoms with Gasteiger partial charge in [0.25, 0.3) is 0 Å². The molecule has 0 aliphatic carbocycles. The number of nitrogens with zero attached hydrogens (tertiary/aromatic N) is 1. The fraction of sp³-hybridized carbons (Fsp3) is 0.150. The fourth-order valence-corrected chi connectivity index (χ4v) is 2.84. The van der Waals surface area contributed by atoms with Crippen LogP contribution in [-0.4, -0.2) is 17.1 Å². The number of carbonyl (C=O) groups is 1. The minimum absolute atomic E-state index is 0.310. The Morgan fingerprint density at radius 3 is 2.50 bits per heavy atom. The Hall–Kier alpha value is -3.01. The van der Waals surface area contributed by atoms with Crippen LogP contribution in [0.25, 0.3) is 16.9 Å². The number of aromatic nitrogens is 1. The molecule has 0 spiro atoms. The monoisotopic (exact) mass is 320 g/mol. The average molecular weight is 320 g/mol. The summed E-state index contributed by atoms with van der Waals surface area (Å²) in [7, 11) is 0. The number of ether oxygens (including phenoxy) is 1. The minimum Gasteiger partial charge on any atom is -0.462 e. The highest BCUT2D eigenvalue weighted by molar-refractivity contribution is 5.93. The number of para-hydroxylation sites is 1. The summed E-state index contributed by atoms with van der Waals surface area (Å²) in [6.07, 6.45) is 0. The van der Waals surface area contributed by atoms with E-state index in [4.69, 9.17) is 10.5 Å². The second-order valence-corrected chi connectivity index (χ2v) is 5.55. The number of benzene rings is 2. The summed E-state index contributed by atoms with van der Waals surface area (Å²) in [6, 6.07) is 19.5. The van der Waals surface area contributed by atoms with Gasteiger partial charge >= 0.3 is 5.97 Å². The van der Waals surface area contributed by atoms with Crippen LogP contribution < -0.4 is 5.73 Å². The summed E-state index contributed by atoms with van der Waals surface area (Å²) < 4.78 is 7.25. The Balaban J connectivity index is 2.23. The van der Waals surface area contributed by atoms with Gasteiger partial charge in [0.1, 0.15) is 0 Å². The van der Waals surface area contributed by atoms with Gasteiger partial charge in [-0.25, -0.2) is 4.79 Å². The maximum absolute atomic E-state index is 12.3. The largest absolute Gasteiger partial charge is 0.462 e. The van der Waals surface area contributed by atoms with Crippen molar-refractivity contribution >= 4 is 11.7 Å². The second-order valence-electron chi connectivity index (χ2n) is 5.55. The van der Waals surface area contributed by atoms with E-state index >= 15 is 0 Å². The van der Waals surface area contributed by atoms with Crippen molar-refractivity contribution in [3.63, 3.8) is 0 Å². The van der Waals surface area contributed by atoms with Gasteiger partial charge in [-0.05, 0) is 44.2 Å². The molecule has 3 rings (SSSR count). The molecule has 0 fully saturated rings. The van der Waals surface area contributed by atoms with Crippen molar-refractivity contribution < 1.29 is 9.53 Å². The lowest BCUT2D eigenvalue weighted by molar-refractivity contribution is 0.0525. The van der Waals surface area contributed by atoms with E-state index < -0.39 is 0 Å². The van der Waals surface area contributed by atoms with E-state index in [0.29, 0.717) is 17.9 Å². The molecule has 1 aromatic heterocycles. The van der Waals surface area contributed by atoms with Crippen LogP contribution in [0.1, 0.15) is 23.0 Å². The van der Waals surface area contributed by atoms with Crippen LogP contribution in [0.4, 0.5) is 5.69 Å². The van der Waals surface area contributed by atoms with Gasteiger partial charge in [0.2, 0.25) is 0 Å². The van der Waals surface area contributed by atoms with Crippen molar-refractivity contribution in [3.8, 4) is 16.9 Å². The third-order valence-corrected chi connectivity index (χ3v) is 3.94. The van der Waals surface area contributed by atoms with E-state index in [2.05, 4.69) is 4.57 Å². The molecule has 4 nitrogen and oxygen atoms in total. The molecule has 0 bridgehead atoms. The van der Waals surface area contributed by atoms with Gasteiger partial charge in [0.05, 0.1) is 17.9 Å². The van der Waals surface area contributed by atoms with Gasteiger partial charge in [0, 0.05) is 22.6 Å². The maximum atomic E-state index is 12.3. The number of anilines is 1. The Bertz CT molecular complexity index is 867. The van der Waals surface area contributed by atoms with Gasteiger partial charge < -0.3 is 15.0 Å². The number of hydrogen-bond acceptors (Lipinski definition) is 3. The lowest BCUT2D eigenvalue weighted by Gasteiger charge is -2.12. The summed E-state index contributed by atoms with van der Waals surface area (Å²) in [5, 5.41) is 0. The number of nitrogens with two attached hydrogens (primary N) is 1. The van der Waals surface area contributed by atoms with Gasteiger partial charge in [0.15, 0.2) is 0 Å². The molecule has 2 N–H and O–H groups in total. The first-order valence-corrected chi connectivity index (χ1v) is 7.92. The molecule has 4 heteroatoms. The van der Waals surface area contributed by atoms with Crippen molar-refractivity contribution in [2.24, 2.45) is 0 Å². The molecule has 0 radical (unpaired) electrons. The lowest BCUT2D eigenvalue weighted by Crippen LogP contribution is -2.06.